The van der Waals surface area contributed by atoms with Crippen LogP contribution >= 0.6 is 11.8 Å². The van der Waals surface area contributed by atoms with Crippen LogP contribution in [-0.4, -0.2) is 22.6 Å². The van der Waals surface area contributed by atoms with Gasteiger partial charge >= 0.3 is 0 Å². The lowest BCUT2D eigenvalue weighted by Gasteiger charge is -2.14. The van der Waals surface area contributed by atoms with E-state index in [0.29, 0.717) is 23.6 Å². The molecule has 0 heterocycles. The van der Waals surface area contributed by atoms with E-state index in [2.05, 4.69) is 4.72 Å². The molecule has 0 radical (unpaired) electrons. The van der Waals surface area contributed by atoms with Gasteiger partial charge in [-0.2, -0.15) is 5.26 Å². The lowest BCUT2D eigenvalue weighted by molar-refractivity contribution is 0.354. The van der Waals surface area contributed by atoms with Gasteiger partial charge in [-0.25, -0.2) is 8.42 Å². The standard InChI is InChI=1S/C17H18N2O4S2/c1-4-12-9-13(24-11-18)5-7-15(12)19-25(20,21)14-6-8-16(22-2)17(10-14)23-3/h5-10,19H,4H2,1-3H3. The molecule has 0 aliphatic carbocycles. The molecule has 0 aliphatic rings. The van der Waals surface area contributed by atoms with E-state index in [4.69, 9.17) is 14.7 Å². The van der Waals surface area contributed by atoms with Crippen LogP contribution in [0.3, 0.4) is 0 Å². The van der Waals surface area contributed by atoms with Crippen molar-refractivity contribution in [1.29, 1.82) is 5.26 Å². The van der Waals surface area contributed by atoms with Gasteiger partial charge in [-0.3, -0.25) is 4.72 Å². The second kappa shape index (κ2) is 8.14. The first-order valence-electron chi connectivity index (χ1n) is 7.38. The van der Waals surface area contributed by atoms with E-state index in [-0.39, 0.29) is 4.90 Å². The zero-order valence-electron chi connectivity index (χ0n) is 14.1. The third-order valence-electron chi connectivity index (χ3n) is 3.53. The average Bonchev–Trinajstić information content (AvgIpc) is 2.62. The molecular formula is C17H18N2O4S2. The minimum atomic E-state index is -3.79. The number of methoxy groups -OCH3 is 2. The summed E-state index contributed by atoms with van der Waals surface area (Å²) in [5, 5.41) is 10.8. The Morgan fingerprint density at radius 1 is 1.12 bits per heavy atom. The molecule has 0 aliphatic heterocycles. The van der Waals surface area contributed by atoms with Crippen molar-refractivity contribution in [3.8, 4) is 16.9 Å². The van der Waals surface area contributed by atoms with Crippen molar-refractivity contribution in [1.82, 2.24) is 0 Å². The highest BCUT2D eigenvalue weighted by molar-refractivity contribution is 8.03. The molecule has 2 rings (SSSR count). The number of benzene rings is 2. The minimum Gasteiger partial charge on any atom is -0.493 e. The largest absolute Gasteiger partial charge is 0.493 e. The first-order valence-corrected chi connectivity index (χ1v) is 9.68. The van der Waals surface area contributed by atoms with Crippen molar-refractivity contribution >= 4 is 27.5 Å². The molecule has 0 bridgehead atoms. The lowest BCUT2D eigenvalue weighted by atomic mass is 10.1. The van der Waals surface area contributed by atoms with Crippen molar-refractivity contribution in [2.45, 2.75) is 23.1 Å². The molecule has 0 saturated heterocycles. The Hall–Kier alpha value is -2.37. The van der Waals surface area contributed by atoms with Gasteiger partial charge in [0, 0.05) is 11.0 Å². The van der Waals surface area contributed by atoms with Crippen LogP contribution in [0.15, 0.2) is 46.2 Å². The molecule has 0 aromatic heterocycles. The summed E-state index contributed by atoms with van der Waals surface area (Å²) in [5.41, 5.74) is 1.30. The van der Waals surface area contributed by atoms with E-state index in [1.54, 1.807) is 24.3 Å². The van der Waals surface area contributed by atoms with Crippen LogP contribution in [0.4, 0.5) is 5.69 Å². The number of anilines is 1. The molecule has 132 valence electrons. The molecule has 8 heteroatoms. The maximum absolute atomic E-state index is 12.7. The quantitative estimate of drug-likeness (QED) is 0.584. The molecule has 25 heavy (non-hydrogen) atoms. The van der Waals surface area contributed by atoms with Gasteiger partial charge in [0.05, 0.1) is 24.8 Å². The summed E-state index contributed by atoms with van der Waals surface area (Å²) >= 11 is 1.03. The van der Waals surface area contributed by atoms with Crippen LogP contribution < -0.4 is 14.2 Å². The molecule has 0 spiro atoms. The highest BCUT2D eigenvalue weighted by Gasteiger charge is 2.18. The van der Waals surface area contributed by atoms with E-state index < -0.39 is 10.0 Å². The first-order chi connectivity index (χ1) is 11.9. The minimum absolute atomic E-state index is 0.0719. The number of nitriles is 1. The Morgan fingerprint density at radius 2 is 1.84 bits per heavy atom. The Labute approximate surface area is 151 Å². The third-order valence-corrected chi connectivity index (χ3v) is 5.47. The molecule has 6 nitrogen and oxygen atoms in total. The third kappa shape index (κ3) is 4.38. The molecular weight excluding hydrogens is 360 g/mol. The summed E-state index contributed by atoms with van der Waals surface area (Å²) < 4.78 is 38.2. The van der Waals surface area contributed by atoms with E-state index in [1.165, 1.54) is 26.4 Å². The van der Waals surface area contributed by atoms with Crippen molar-refractivity contribution in [2.24, 2.45) is 0 Å². The molecule has 0 atom stereocenters. The van der Waals surface area contributed by atoms with Gasteiger partial charge in [0.15, 0.2) is 11.5 Å². The Morgan fingerprint density at radius 3 is 2.44 bits per heavy atom. The zero-order chi connectivity index (χ0) is 18.4. The monoisotopic (exact) mass is 378 g/mol. The molecule has 2 aromatic carbocycles. The summed E-state index contributed by atoms with van der Waals surface area (Å²) in [4.78, 5) is 0.844. The fraction of sp³-hybridized carbons (Fsp3) is 0.235. The number of thioether (sulfide) groups is 1. The van der Waals surface area contributed by atoms with Crippen LogP contribution in [0.1, 0.15) is 12.5 Å². The van der Waals surface area contributed by atoms with E-state index in [9.17, 15) is 8.42 Å². The zero-order valence-corrected chi connectivity index (χ0v) is 15.7. The van der Waals surface area contributed by atoms with Crippen molar-refractivity contribution in [3.63, 3.8) is 0 Å². The van der Waals surface area contributed by atoms with E-state index >= 15 is 0 Å². The number of thiocyanates is 1. The second-order valence-corrected chi connectivity index (χ2v) is 7.53. The fourth-order valence-electron chi connectivity index (χ4n) is 2.27. The van der Waals surface area contributed by atoms with E-state index in [1.807, 2.05) is 12.3 Å². The summed E-state index contributed by atoms with van der Waals surface area (Å²) in [7, 11) is -0.854. The highest BCUT2D eigenvalue weighted by atomic mass is 32.2. The van der Waals surface area contributed by atoms with Crippen LogP contribution in [0.2, 0.25) is 0 Å². The highest BCUT2D eigenvalue weighted by Crippen LogP contribution is 2.31. The maximum Gasteiger partial charge on any atom is 0.262 e. The number of nitrogens with one attached hydrogen (secondary N) is 1. The molecule has 0 amide bonds. The molecule has 0 saturated carbocycles. The lowest BCUT2D eigenvalue weighted by Crippen LogP contribution is -2.14. The van der Waals surface area contributed by atoms with Crippen LogP contribution in [0.5, 0.6) is 11.5 Å². The van der Waals surface area contributed by atoms with Gasteiger partial charge in [-0.15, -0.1) is 0 Å². The Bertz CT molecular complexity index is 905. The summed E-state index contributed by atoms with van der Waals surface area (Å²) in [5.74, 6) is 0.787. The molecule has 2 aromatic rings. The Kier molecular flexibility index (Phi) is 6.17. The van der Waals surface area contributed by atoms with Gasteiger partial charge in [0.2, 0.25) is 0 Å². The van der Waals surface area contributed by atoms with E-state index in [0.717, 1.165) is 22.2 Å². The average molecular weight is 378 g/mol. The fourth-order valence-corrected chi connectivity index (χ4v) is 3.82. The molecule has 0 fully saturated rings. The van der Waals surface area contributed by atoms with Crippen LogP contribution in [-0.2, 0) is 16.4 Å². The predicted octanol–water partition coefficient (Wildman–Crippen LogP) is 3.64. The smallest absolute Gasteiger partial charge is 0.262 e. The number of hydrogen-bond donors (Lipinski definition) is 1. The van der Waals surface area contributed by atoms with Crippen LogP contribution in [0, 0.1) is 10.7 Å². The maximum atomic E-state index is 12.7. The van der Waals surface area contributed by atoms with Crippen LogP contribution in [0.25, 0.3) is 0 Å². The van der Waals surface area contributed by atoms with Crippen molar-refractivity contribution in [3.05, 3.63) is 42.0 Å². The number of nitrogens with zero attached hydrogens (tertiary/aromatic N) is 1. The van der Waals surface area contributed by atoms with Gasteiger partial charge in [-0.05, 0) is 54.1 Å². The number of rotatable bonds is 7. The summed E-state index contributed by atoms with van der Waals surface area (Å²) in [6.45, 7) is 1.92. The topological polar surface area (TPSA) is 88.4 Å². The Balaban J connectivity index is 2.37. The number of ether oxygens (including phenoxy) is 2. The van der Waals surface area contributed by atoms with Gasteiger partial charge in [-0.1, -0.05) is 6.92 Å². The van der Waals surface area contributed by atoms with Crippen molar-refractivity contribution < 1.29 is 17.9 Å². The van der Waals surface area contributed by atoms with Gasteiger partial charge in [0.25, 0.3) is 10.0 Å². The predicted molar refractivity (Wildman–Crippen MR) is 97.6 cm³/mol. The van der Waals surface area contributed by atoms with Gasteiger partial charge in [0.1, 0.15) is 5.40 Å². The number of aryl methyl sites for hydroxylation is 1. The summed E-state index contributed by atoms with van der Waals surface area (Å²) in [6, 6.07) is 9.58. The normalized spacial score (nSPS) is 10.8. The second-order valence-electron chi connectivity index (χ2n) is 4.99. The number of hydrogen-bond acceptors (Lipinski definition) is 6. The first kappa shape index (κ1) is 19.0. The molecule has 1 N–H and O–H groups in total. The molecule has 0 unspecified atom stereocenters. The van der Waals surface area contributed by atoms with Crippen molar-refractivity contribution in [2.75, 3.05) is 18.9 Å². The summed E-state index contributed by atoms with van der Waals surface area (Å²) in [6.07, 6.45) is 0.629. The SMILES string of the molecule is CCc1cc(SC#N)ccc1NS(=O)(=O)c1ccc(OC)c(OC)c1. The number of sulfonamides is 1. The van der Waals surface area contributed by atoms with Gasteiger partial charge < -0.3 is 9.47 Å².